The topological polar surface area (TPSA) is 38.0 Å². The molecule has 2 rings (SSSR count). The summed E-state index contributed by atoms with van der Waals surface area (Å²) in [5, 5.41) is 2.61. The van der Waals surface area contributed by atoms with E-state index in [4.69, 9.17) is 5.73 Å². The van der Waals surface area contributed by atoms with Crippen LogP contribution < -0.4 is 11.1 Å². The maximum Gasteiger partial charge on any atom is 0.146 e. The second kappa shape index (κ2) is 4.89. The van der Waals surface area contributed by atoms with E-state index in [0.717, 1.165) is 24.3 Å². The molecule has 0 radical (unpaired) electrons. The third kappa shape index (κ3) is 2.59. The van der Waals surface area contributed by atoms with E-state index >= 15 is 0 Å². The van der Waals surface area contributed by atoms with Gasteiger partial charge >= 0.3 is 0 Å². The molecule has 0 aromatic heterocycles. The highest BCUT2D eigenvalue weighted by Crippen LogP contribution is 2.30. The van der Waals surface area contributed by atoms with Crippen LogP contribution in [0.5, 0.6) is 0 Å². The second-order valence-corrected chi connectivity index (χ2v) is 4.46. The summed E-state index contributed by atoms with van der Waals surface area (Å²) in [7, 11) is 0. The molecule has 0 aliphatic heterocycles. The monoisotopic (exact) mass is 316 g/mol. The summed E-state index contributed by atoms with van der Waals surface area (Å²) >= 11 is 2.99. The molecular weight excluding hydrogens is 309 g/mol. The molecule has 94 valence electrons. The van der Waals surface area contributed by atoms with Crippen molar-refractivity contribution in [1.29, 1.82) is 0 Å². The predicted octanol–water partition coefficient (Wildman–Crippen LogP) is 4.19. The van der Waals surface area contributed by atoms with E-state index in [9.17, 15) is 13.2 Å². The van der Waals surface area contributed by atoms with Gasteiger partial charge in [0, 0.05) is 12.1 Å². The Labute approximate surface area is 110 Å². The Morgan fingerprint density at radius 1 is 0.944 bits per heavy atom. The van der Waals surface area contributed by atoms with Crippen molar-refractivity contribution in [2.24, 2.45) is 0 Å². The summed E-state index contributed by atoms with van der Waals surface area (Å²) < 4.78 is 39.7. The van der Waals surface area contributed by atoms with Gasteiger partial charge in [0.15, 0.2) is 0 Å². The summed E-state index contributed by atoms with van der Waals surface area (Å²) in [6, 6.07) is 5.43. The van der Waals surface area contributed by atoms with Gasteiger partial charge in [-0.1, -0.05) is 0 Å². The first-order valence-corrected chi connectivity index (χ1v) is 5.73. The molecule has 0 spiro atoms. The average Bonchev–Trinajstić information content (AvgIpc) is 2.30. The Morgan fingerprint density at radius 2 is 1.67 bits per heavy atom. The molecule has 0 saturated heterocycles. The minimum atomic E-state index is -0.628. The lowest BCUT2D eigenvalue weighted by atomic mass is 10.2. The fourth-order valence-corrected chi connectivity index (χ4v) is 1.75. The van der Waals surface area contributed by atoms with Gasteiger partial charge in [-0.15, -0.1) is 0 Å². The fraction of sp³-hybridized carbons (Fsp3) is 0. The summed E-state index contributed by atoms with van der Waals surface area (Å²) in [5.74, 6) is -1.74. The Bertz CT molecular complexity index is 602. The van der Waals surface area contributed by atoms with Gasteiger partial charge in [-0.3, -0.25) is 0 Å². The van der Waals surface area contributed by atoms with E-state index in [2.05, 4.69) is 21.2 Å². The lowest BCUT2D eigenvalue weighted by Crippen LogP contribution is -2.00. The van der Waals surface area contributed by atoms with Crippen molar-refractivity contribution in [2.75, 3.05) is 11.1 Å². The van der Waals surface area contributed by atoms with Crippen LogP contribution in [0.15, 0.2) is 34.8 Å². The third-order valence-corrected chi connectivity index (χ3v) is 2.90. The minimum absolute atomic E-state index is 0.0693. The van der Waals surface area contributed by atoms with Gasteiger partial charge < -0.3 is 11.1 Å². The molecule has 0 unspecified atom stereocenters. The van der Waals surface area contributed by atoms with Gasteiger partial charge in [0.05, 0.1) is 21.5 Å². The summed E-state index contributed by atoms with van der Waals surface area (Å²) in [6.07, 6.45) is 0. The number of anilines is 3. The Balaban J connectivity index is 2.40. The molecule has 0 aliphatic rings. The van der Waals surface area contributed by atoms with Crippen molar-refractivity contribution >= 4 is 33.0 Å². The van der Waals surface area contributed by atoms with Crippen LogP contribution >= 0.6 is 15.9 Å². The number of nitrogens with one attached hydrogen (secondary N) is 1. The highest BCUT2D eigenvalue weighted by atomic mass is 79.9. The normalized spacial score (nSPS) is 10.4. The Kier molecular flexibility index (Phi) is 3.47. The van der Waals surface area contributed by atoms with Crippen LogP contribution in [0, 0.1) is 17.5 Å². The van der Waals surface area contributed by atoms with Crippen LogP contribution in [0.1, 0.15) is 0 Å². The lowest BCUT2D eigenvalue weighted by Gasteiger charge is -2.11. The van der Waals surface area contributed by atoms with Gasteiger partial charge in [0.1, 0.15) is 17.5 Å². The molecular formula is C12H8BrF3N2. The van der Waals surface area contributed by atoms with Crippen molar-refractivity contribution in [1.82, 2.24) is 0 Å². The zero-order valence-corrected chi connectivity index (χ0v) is 10.6. The minimum Gasteiger partial charge on any atom is -0.397 e. The molecule has 3 N–H and O–H groups in total. The largest absolute Gasteiger partial charge is 0.397 e. The van der Waals surface area contributed by atoms with E-state index in [-0.39, 0.29) is 21.5 Å². The number of hydrogen-bond acceptors (Lipinski definition) is 2. The summed E-state index contributed by atoms with van der Waals surface area (Å²) in [6.45, 7) is 0. The number of rotatable bonds is 2. The molecule has 0 bridgehead atoms. The lowest BCUT2D eigenvalue weighted by molar-refractivity contribution is 0.603. The number of benzene rings is 2. The van der Waals surface area contributed by atoms with Crippen LogP contribution in [-0.4, -0.2) is 0 Å². The molecule has 0 aliphatic carbocycles. The fourth-order valence-electron chi connectivity index (χ4n) is 1.41. The number of nitrogens with two attached hydrogens (primary N) is 1. The number of nitrogen functional groups attached to an aromatic ring is 1. The van der Waals surface area contributed by atoms with E-state index in [1.54, 1.807) is 0 Å². The van der Waals surface area contributed by atoms with E-state index in [1.807, 2.05) is 0 Å². The highest BCUT2D eigenvalue weighted by Gasteiger charge is 2.09. The molecule has 0 fully saturated rings. The first-order valence-electron chi connectivity index (χ1n) is 4.94. The molecule has 2 aromatic carbocycles. The van der Waals surface area contributed by atoms with Crippen molar-refractivity contribution in [3.05, 3.63) is 52.3 Å². The van der Waals surface area contributed by atoms with Crippen LogP contribution in [0.3, 0.4) is 0 Å². The molecule has 0 saturated carbocycles. The Morgan fingerprint density at radius 3 is 2.39 bits per heavy atom. The van der Waals surface area contributed by atoms with E-state index in [1.165, 1.54) is 6.07 Å². The smallest absolute Gasteiger partial charge is 0.146 e. The molecule has 2 aromatic rings. The average molecular weight is 317 g/mol. The van der Waals surface area contributed by atoms with Crippen molar-refractivity contribution < 1.29 is 13.2 Å². The predicted molar refractivity (Wildman–Crippen MR) is 68.2 cm³/mol. The maximum absolute atomic E-state index is 13.4. The van der Waals surface area contributed by atoms with E-state index < -0.39 is 17.5 Å². The van der Waals surface area contributed by atoms with Crippen LogP contribution in [-0.2, 0) is 0 Å². The van der Waals surface area contributed by atoms with Gasteiger partial charge in [0.2, 0.25) is 0 Å². The van der Waals surface area contributed by atoms with Crippen LogP contribution in [0.25, 0.3) is 0 Å². The highest BCUT2D eigenvalue weighted by molar-refractivity contribution is 9.10. The standard InChI is InChI=1S/C12H8BrF3N2/c13-7-4-12(10(17)5-9(7)16)18-11-3-6(14)1-2-8(11)15/h1-5,18H,17H2. The van der Waals surface area contributed by atoms with Gasteiger partial charge in [-0.2, -0.15) is 0 Å². The quantitative estimate of drug-likeness (QED) is 0.815. The second-order valence-electron chi connectivity index (χ2n) is 3.60. The van der Waals surface area contributed by atoms with Crippen LogP contribution in [0.4, 0.5) is 30.2 Å². The van der Waals surface area contributed by atoms with Gasteiger partial charge in [-0.05, 0) is 34.1 Å². The molecule has 0 amide bonds. The zero-order chi connectivity index (χ0) is 13.3. The third-order valence-electron chi connectivity index (χ3n) is 2.29. The van der Waals surface area contributed by atoms with Gasteiger partial charge in [-0.25, -0.2) is 13.2 Å². The zero-order valence-electron chi connectivity index (χ0n) is 8.98. The first kappa shape index (κ1) is 12.8. The molecule has 0 atom stereocenters. The first-order chi connectivity index (χ1) is 8.47. The number of halogens is 4. The molecule has 6 heteroatoms. The number of hydrogen-bond donors (Lipinski definition) is 2. The van der Waals surface area contributed by atoms with E-state index in [0.29, 0.717) is 0 Å². The SMILES string of the molecule is Nc1cc(F)c(Br)cc1Nc1cc(F)ccc1F. The molecule has 18 heavy (non-hydrogen) atoms. The summed E-state index contributed by atoms with van der Waals surface area (Å²) in [4.78, 5) is 0. The summed E-state index contributed by atoms with van der Waals surface area (Å²) in [5.41, 5.74) is 5.90. The van der Waals surface area contributed by atoms with Crippen molar-refractivity contribution in [2.45, 2.75) is 0 Å². The van der Waals surface area contributed by atoms with Gasteiger partial charge in [0.25, 0.3) is 0 Å². The Hall–Kier alpha value is -1.69. The van der Waals surface area contributed by atoms with Crippen LogP contribution in [0.2, 0.25) is 0 Å². The maximum atomic E-state index is 13.4. The molecule has 2 nitrogen and oxygen atoms in total. The van der Waals surface area contributed by atoms with Crippen molar-refractivity contribution in [3.63, 3.8) is 0 Å². The van der Waals surface area contributed by atoms with Crippen molar-refractivity contribution in [3.8, 4) is 0 Å². The molecule has 0 heterocycles.